The summed E-state index contributed by atoms with van der Waals surface area (Å²) >= 11 is 1.82. The molecule has 2 saturated heterocycles. The van der Waals surface area contributed by atoms with Gasteiger partial charge in [0.15, 0.2) is 0 Å². The second-order valence-electron chi connectivity index (χ2n) is 14.3. The second kappa shape index (κ2) is 9.69. The van der Waals surface area contributed by atoms with E-state index >= 15 is 4.39 Å². The normalized spacial score (nSPS) is 24.7. The van der Waals surface area contributed by atoms with Crippen LogP contribution in [0.1, 0.15) is 82.9 Å². The Kier molecular flexibility index (Phi) is 6.35. The Bertz CT molecular complexity index is 1770. The van der Waals surface area contributed by atoms with Crippen molar-refractivity contribution in [2.24, 2.45) is 0 Å². The topological polar surface area (TPSA) is 51.1 Å². The van der Waals surface area contributed by atoms with E-state index in [1.807, 2.05) is 38.2 Å². The van der Waals surface area contributed by atoms with Gasteiger partial charge < -0.3 is 23.4 Å². The van der Waals surface area contributed by atoms with E-state index in [1.165, 1.54) is 29.3 Å². The van der Waals surface area contributed by atoms with Crippen molar-refractivity contribution < 1.29 is 27.7 Å². The first-order chi connectivity index (χ1) is 20.8. The molecule has 2 fully saturated rings. The van der Waals surface area contributed by atoms with Gasteiger partial charge in [-0.05, 0) is 121 Å². The van der Waals surface area contributed by atoms with Gasteiger partial charge >= 0.3 is 14.2 Å². The van der Waals surface area contributed by atoms with Gasteiger partial charge in [0.1, 0.15) is 11.6 Å². The Morgan fingerprint density at radius 1 is 0.864 bits per heavy atom. The van der Waals surface area contributed by atoms with Gasteiger partial charge in [0.05, 0.1) is 44.6 Å². The Hall–Kier alpha value is -2.62. The molecule has 0 N–H and O–H groups in total. The van der Waals surface area contributed by atoms with Gasteiger partial charge in [-0.15, -0.1) is 11.3 Å². The summed E-state index contributed by atoms with van der Waals surface area (Å²) in [7, 11) is -1.15. The number of thiophene rings is 1. The van der Waals surface area contributed by atoms with Crippen LogP contribution in [0.15, 0.2) is 42.5 Å². The maximum atomic E-state index is 16.3. The van der Waals surface area contributed by atoms with Crippen LogP contribution in [-0.4, -0.2) is 41.7 Å². The maximum Gasteiger partial charge on any atom is 0.494 e. The number of halogens is 1. The number of aromatic nitrogens is 1. The molecule has 5 heterocycles. The number of hydrogen-bond donors (Lipinski definition) is 0. The second-order valence-corrected chi connectivity index (χ2v) is 15.5. The molecule has 0 radical (unpaired) electrons. The van der Waals surface area contributed by atoms with E-state index in [4.69, 9.17) is 23.4 Å². The minimum atomic E-state index is -0.661. The number of benzene rings is 2. The number of ether oxygens (including phenoxy) is 1. The fraction of sp³-hybridized carbons (Fsp3) is 0.471. The molecule has 8 rings (SSSR count). The van der Waals surface area contributed by atoms with Crippen molar-refractivity contribution in [3.63, 3.8) is 0 Å². The van der Waals surface area contributed by atoms with Crippen LogP contribution in [0.4, 0.5) is 4.39 Å². The first-order valence-corrected chi connectivity index (χ1v) is 16.6. The zero-order valence-corrected chi connectivity index (χ0v) is 27.3. The Morgan fingerprint density at radius 2 is 1.61 bits per heavy atom. The summed E-state index contributed by atoms with van der Waals surface area (Å²) in [4.78, 5) is 2.57. The van der Waals surface area contributed by atoms with E-state index in [0.29, 0.717) is 16.8 Å². The molecule has 228 valence electrons. The first-order valence-electron chi connectivity index (χ1n) is 15.8. The van der Waals surface area contributed by atoms with E-state index in [9.17, 15) is 0 Å². The number of aryl methyl sites for hydroxylation is 2. The van der Waals surface area contributed by atoms with E-state index < -0.39 is 37.3 Å². The van der Waals surface area contributed by atoms with Crippen LogP contribution < -0.4 is 15.7 Å². The third-order valence-corrected chi connectivity index (χ3v) is 11.7. The number of rotatable bonds is 3. The van der Waals surface area contributed by atoms with E-state index in [-0.39, 0.29) is 11.9 Å². The van der Waals surface area contributed by atoms with E-state index in [1.54, 1.807) is 0 Å². The fourth-order valence-electron chi connectivity index (χ4n) is 6.79. The lowest BCUT2D eigenvalue weighted by atomic mass is 9.78. The maximum absolute atomic E-state index is 16.3. The number of hydrogen-bond acceptors (Lipinski definition) is 6. The number of fused-ring (bicyclic) bond motifs is 6. The highest BCUT2D eigenvalue weighted by Gasteiger charge is 2.52. The SMILES string of the molecule is CC1OB(c2cc(F)c3c(c2)OC(c2cc4c(s2)CCCC4)n2c-3cc3cc(B4OC(C)(C)C(C)(C)O4)ccc32)OC1(C)C. The van der Waals surface area contributed by atoms with E-state index in [2.05, 4.69) is 62.6 Å². The Balaban J connectivity index is 1.26. The minimum Gasteiger partial charge on any atom is -0.464 e. The van der Waals surface area contributed by atoms with Gasteiger partial charge in [0.25, 0.3) is 0 Å². The van der Waals surface area contributed by atoms with Crippen molar-refractivity contribution in [1.82, 2.24) is 4.57 Å². The van der Waals surface area contributed by atoms with Gasteiger partial charge in [0, 0.05) is 10.3 Å². The average molecular weight is 613 g/mol. The lowest BCUT2D eigenvalue weighted by Crippen LogP contribution is -2.41. The molecule has 10 heteroatoms. The standard InChI is InChI=1S/C34H38B2FNO5S/c1-19-32(2,3)41-35(40-19)23-17-24(37)30-26-15-21-14-22(36-42-33(4,5)34(6,7)43-36)12-13-25(21)38(26)31(39-27(30)18-23)29-16-20-10-8-9-11-28(20)44-29/h12-19,31H,8-11H2,1-7H3. The van der Waals surface area contributed by atoms with Crippen LogP contribution in [0.2, 0.25) is 0 Å². The quantitative estimate of drug-likeness (QED) is 0.246. The molecule has 3 aliphatic heterocycles. The zero-order chi connectivity index (χ0) is 30.8. The molecule has 2 aromatic heterocycles. The summed E-state index contributed by atoms with van der Waals surface area (Å²) in [6, 6.07) is 14.1. The molecule has 0 spiro atoms. The predicted molar refractivity (Wildman–Crippen MR) is 174 cm³/mol. The van der Waals surface area contributed by atoms with Crippen molar-refractivity contribution in [1.29, 1.82) is 0 Å². The fourth-order valence-corrected chi connectivity index (χ4v) is 8.07. The Morgan fingerprint density at radius 3 is 2.32 bits per heavy atom. The molecule has 2 atom stereocenters. The summed E-state index contributed by atoms with van der Waals surface area (Å²) in [5.41, 5.74) is 3.82. The molecule has 1 aliphatic carbocycles. The molecule has 0 saturated carbocycles. The van der Waals surface area contributed by atoms with Gasteiger partial charge in [0.2, 0.25) is 6.23 Å². The molecule has 6 nitrogen and oxygen atoms in total. The lowest BCUT2D eigenvalue weighted by molar-refractivity contribution is 0.00578. The van der Waals surface area contributed by atoms with Crippen LogP contribution in [0.25, 0.3) is 22.2 Å². The molecule has 0 amide bonds. The van der Waals surface area contributed by atoms with Crippen molar-refractivity contribution in [3.8, 4) is 17.0 Å². The summed E-state index contributed by atoms with van der Waals surface area (Å²) < 4.78 is 50.2. The molecule has 44 heavy (non-hydrogen) atoms. The average Bonchev–Trinajstić information content (AvgIpc) is 3.68. The van der Waals surface area contributed by atoms with Crippen molar-refractivity contribution in [2.45, 2.75) is 103 Å². The highest BCUT2D eigenvalue weighted by molar-refractivity contribution is 7.12. The van der Waals surface area contributed by atoms with Crippen LogP contribution in [-0.2, 0) is 31.5 Å². The van der Waals surface area contributed by atoms with Gasteiger partial charge in [-0.25, -0.2) is 4.39 Å². The largest absolute Gasteiger partial charge is 0.494 e. The first kappa shape index (κ1) is 28.8. The summed E-state index contributed by atoms with van der Waals surface area (Å²) in [6.45, 7) is 14.2. The molecule has 4 aliphatic rings. The smallest absolute Gasteiger partial charge is 0.464 e. The number of nitrogens with zero attached hydrogens (tertiary/aromatic N) is 1. The lowest BCUT2D eigenvalue weighted by Gasteiger charge is -2.32. The third-order valence-electron chi connectivity index (χ3n) is 10.4. The van der Waals surface area contributed by atoms with E-state index in [0.717, 1.165) is 39.8 Å². The molecule has 2 unspecified atom stereocenters. The van der Waals surface area contributed by atoms with Gasteiger partial charge in [-0.2, -0.15) is 0 Å². The van der Waals surface area contributed by atoms with Crippen LogP contribution in [0, 0.1) is 5.82 Å². The monoisotopic (exact) mass is 613 g/mol. The third kappa shape index (κ3) is 4.36. The van der Waals surface area contributed by atoms with Crippen LogP contribution in [0.5, 0.6) is 5.75 Å². The van der Waals surface area contributed by atoms with Crippen LogP contribution >= 0.6 is 11.3 Å². The summed E-state index contributed by atoms with van der Waals surface area (Å²) in [6.07, 6.45) is 4.06. The molecule has 0 bridgehead atoms. The van der Waals surface area contributed by atoms with Crippen molar-refractivity contribution >= 4 is 47.4 Å². The van der Waals surface area contributed by atoms with Crippen LogP contribution in [0.3, 0.4) is 0 Å². The zero-order valence-electron chi connectivity index (χ0n) is 26.5. The molecule has 2 aromatic carbocycles. The summed E-state index contributed by atoms with van der Waals surface area (Å²) in [5.74, 6) is 0.142. The predicted octanol–water partition coefficient (Wildman–Crippen LogP) is 6.54. The van der Waals surface area contributed by atoms with Crippen molar-refractivity contribution in [2.75, 3.05) is 0 Å². The molecule has 4 aromatic rings. The van der Waals surface area contributed by atoms with Gasteiger partial charge in [-0.3, -0.25) is 4.57 Å². The molecular formula is C34H38B2FNO5S. The highest BCUT2D eigenvalue weighted by atomic mass is 32.1. The van der Waals surface area contributed by atoms with Crippen molar-refractivity contribution in [3.05, 3.63) is 63.6 Å². The van der Waals surface area contributed by atoms with Gasteiger partial charge in [-0.1, -0.05) is 12.1 Å². The minimum absolute atomic E-state index is 0.126. The summed E-state index contributed by atoms with van der Waals surface area (Å²) in [5, 5.41) is 0.983. The molecular weight excluding hydrogens is 575 g/mol. The highest BCUT2D eigenvalue weighted by Crippen LogP contribution is 2.47. The Labute approximate surface area is 263 Å².